The fraction of sp³-hybridized carbons (Fsp3) is 0.667. The number of allylic oxidation sites excluding steroid dienone is 1. The summed E-state index contributed by atoms with van der Waals surface area (Å²) < 4.78 is 0. The smallest absolute Gasteiger partial charge is 0.163 e. The maximum atomic E-state index is 5.90. The van der Waals surface area contributed by atoms with Crippen LogP contribution in [0.25, 0.3) is 0 Å². The molecular formula is C6H12ClSi. The molecule has 0 aliphatic heterocycles. The van der Waals surface area contributed by atoms with Gasteiger partial charge in [0.15, 0.2) is 8.11 Å². The Morgan fingerprint density at radius 2 is 2.25 bits per heavy atom. The zero-order valence-electron chi connectivity index (χ0n) is 5.45. The maximum absolute atomic E-state index is 5.90. The van der Waals surface area contributed by atoms with Gasteiger partial charge in [0.25, 0.3) is 0 Å². The molecule has 0 aromatic rings. The van der Waals surface area contributed by atoms with Gasteiger partial charge in [0.05, 0.1) is 0 Å². The quantitative estimate of drug-likeness (QED) is 0.426. The molecule has 1 radical (unpaired) electrons. The topological polar surface area (TPSA) is 0 Å². The highest BCUT2D eigenvalue weighted by Gasteiger charge is 1.97. The van der Waals surface area contributed by atoms with Gasteiger partial charge in [0, 0.05) is 0 Å². The molecule has 0 aliphatic rings. The average Bonchev–Trinajstić information content (AvgIpc) is 1.68. The van der Waals surface area contributed by atoms with E-state index in [0.29, 0.717) is 0 Å². The zero-order valence-corrected chi connectivity index (χ0v) is 7.20. The molecule has 0 aromatic carbocycles. The molecule has 0 spiro atoms. The molecule has 0 heterocycles. The van der Waals surface area contributed by atoms with Crippen molar-refractivity contribution in [2.75, 3.05) is 0 Å². The maximum Gasteiger partial charge on any atom is 0.191 e. The summed E-state index contributed by atoms with van der Waals surface area (Å²) in [6, 6.07) is 1.19. The number of hydrogen-bond acceptors (Lipinski definition) is 0. The molecule has 2 heteroatoms. The van der Waals surface area contributed by atoms with Crippen molar-refractivity contribution < 1.29 is 0 Å². The van der Waals surface area contributed by atoms with Gasteiger partial charge in [-0.05, 0) is 13.0 Å². The Morgan fingerprint density at radius 3 is 2.62 bits per heavy atom. The van der Waals surface area contributed by atoms with Gasteiger partial charge in [-0.2, -0.15) is 11.1 Å². The summed E-state index contributed by atoms with van der Waals surface area (Å²) in [4.78, 5) is 0. The van der Waals surface area contributed by atoms with Gasteiger partial charge < -0.3 is 0 Å². The fourth-order valence-electron chi connectivity index (χ4n) is 0.503. The molecule has 0 amide bonds. The van der Waals surface area contributed by atoms with Crippen LogP contribution >= 0.6 is 11.1 Å². The van der Waals surface area contributed by atoms with Crippen molar-refractivity contribution in [2.24, 2.45) is 0 Å². The van der Waals surface area contributed by atoms with Crippen LogP contribution in [0.2, 0.25) is 6.04 Å². The molecular weight excluding hydrogens is 136 g/mol. The van der Waals surface area contributed by atoms with Gasteiger partial charge in [-0.1, -0.05) is 25.1 Å². The molecule has 0 aliphatic carbocycles. The van der Waals surface area contributed by atoms with E-state index < -0.39 is 8.11 Å². The van der Waals surface area contributed by atoms with Gasteiger partial charge in [-0.3, -0.25) is 0 Å². The third-order valence-electron chi connectivity index (χ3n) is 0.836. The van der Waals surface area contributed by atoms with E-state index in [1.54, 1.807) is 0 Å². The predicted octanol–water partition coefficient (Wildman–Crippen LogP) is 2.74. The monoisotopic (exact) mass is 147 g/mol. The third-order valence-corrected chi connectivity index (χ3v) is 3.45. The Balaban J connectivity index is 3.17. The van der Waals surface area contributed by atoms with Crippen molar-refractivity contribution >= 4 is 19.2 Å². The summed E-state index contributed by atoms with van der Waals surface area (Å²) >= 11 is 5.90. The van der Waals surface area contributed by atoms with Crippen LogP contribution in [-0.4, -0.2) is 8.11 Å². The standard InChI is InChI=1S/C6H12ClSi/c1-3-5-8(7)6-4-2/h3,5H,4,6H2,1-2H3. The zero-order chi connectivity index (χ0) is 6.41. The number of hydrogen-bond donors (Lipinski definition) is 0. The highest BCUT2D eigenvalue weighted by atomic mass is 35.6. The lowest BCUT2D eigenvalue weighted by atomic mass is 10.6. The Hall–Kier alpha value is 0.247. The van der Waals surface area contributed by atoms with E-state index in [1.807, 2.05) is 13.0 Å². The van der Waals surface area contributed by atoms with Crippen molar-refractivity contribution in [3.63, 3.8) is 0 Å². The summed E-state index contributed by atoms with van der Waals surface area (Å²) in [5, 5.41) is 0. The Labute approximate surface area is 57.9 Å². The van der Waals surface area contributed by atoms with Gasteiger partial charge >= 0.3 is 0 Å². The molecule has 0 unspecified atom stereocenters. The summed E-state index contributed by atoms with van der Waals surface area (Å²) in [7, 11) is -0.600. The predicted molar refractivity (Wildman–Crippen MR) is 41.5 cm³/mol. The van der Waals surface area contributed by atoms with Crippen LogP contribution < -0.4 is 0 Å². The third kappa shape index (κ3) is 4.41. The lowest BCUT2D eigenvalue weighted by Gasteiger charge is -1.93. The summed E-state index contributed by atoms with van der Waals surface area (Å²) in [5.74, 6) is 0. The lowest BCUT2D eigenvalue weighted by molar-refractivity contribution is 1.07. The van der Waals surface area contributed by atoms with Crippen molar-refractivity contribution in [2.45, 2.75) is 26.3 Å². The van der Waals surface area contributed by atoms with E-state index in [1.165, 1.54) is 12.5 Å². The molecule has 0 saturated heterocycles. The summed E-state index contributed by atoms with van der Waals surface area (Å²) in [6.07, 6.45) is 3.25. The average molecular weight is 148 g/mol. The van der Waals surface area contributed by atoms with E-state index in [2.05, 4.69) is 12.6 Å². The van der Waals surface area contributed by atoms with Crippen molar-refractivity contribution in [1.82, 2.24) is 0 Å². The molecule has 0 atom stereocenters. The first-order valence-corrected chi connectivity index (χ1v) is 5.75. The van der Waals surface area contributed by atoms with Crippen molar-refractivity contribution in [3.8, 4) is 0 Å². The van der Waals surface area contributed by atoms with E-state index in [0.717, 1.165) is 0 Å². The minimum atomic E-state index is -0.600. The van der Waals surface area contributed by atoms with Crippen LogP contribution in [0.4, 0.5) is 0 Å². The first-order valence-electron chi connectivity index (χ1n) is 2.95. The van der Waals surface area contributed by atoms with Gasteiger partial charge in [0.2, 0.25) is 0 Å². The SMILES string of the molecule is CC=C[Si](Cl)CCC. The van der Waals surface area contributed by atoms with E-state index >= 15 is 0 Å². The highest BCUT2D eigenvalue weighted by molar-refractivity contribution is 7.09. The molecule has 0 bridgehead atoms. The number of rotatable bonds is 3. The molecule has 47 valence electrons. The van der Waals surface area contributed by atoms with Crippen LogP contribution in [0.3, 0.4) is 0 Å². The summed E-state index contributed by atoms with van der Waals surface area (Å²) in [5.41, 5.74) is 2.12. The van der Waals surface area contributed by atoms with Crippen LogP contribution in [0.5, 0.6) is 0 Å². The minimum absolute atomic E-state index is 0.600. The fourth-order valence-corrected chi connectivity index (χ4v) is 2.45. The molecule has 0 aromatic heterocycles. The molecule has 0 rings (SSSR count). The molecule has 0 saturated carbocycles. The second-order valence-corrected chi connectivity index (χ2v) is 4.88. The Bertz CT molecular complexity index is 70.9. The summed E-state index contributed by atoms with van der Waals surface area (Å²) in [6.45, 7) is 4.18. The van der Waals surface area contributed by atoms with Gasteiger partial charge in [0.1, 0.15) is 0 Å². The molecule has 8 heavy (non-hydrogen) atoms. The van der Waals surface area contributed by atoms with Crippen molar-refractivity contribution in [1.29, 1.82) is 0 Å². The second-order valence-electron chi connectivity index (χ2n) is 1.70. The van der Waals surface area contributed by atoms with E-state index in [4.69, 9.17) is 11.1 Å². The van der Waals surface area contributed by atoms with Gasteiger partial charge in [-0.25, -0.2) is 0 Å². The molecule has 0 nitrogen and oxygen atoms in total. The van der Waals surface area contributed by atoms with Crippen LogP contribution in [0, 0.1) is 0 Å². The first-order chi connectivity index (χ1) is 3.81. The highest BCUT2D eigenvalue weighted by Crippen LogP contribution is 2.01. The Kier molecular flexibility index (Phi) is 5.55. The van der Waals surface area contributed by atoms with Crippen LogP contribution in [0.15, 0.2) is 11.8 Å². The van der Waals surface area contributed by atoms with Crippen LogP contribution in [-0.2, 0) is 0 Å². The van der Waals surface area contributed by atoms with E-state index in [-0.39, 0.29) is 0 Å². The number of halogens is 1. The first kappa shape index (κ1) is 8.25. The Morgan fingerprint density at radius 1 is 1.62 bits per heavy atom. The van der Waals surface area contributed by atoms with Crippen molar-refractivity contribution in [3.05, 3.63) is 11.8 Å². The minimum Gasteiger partial charge on any atom is -0.163 e. The van der Waals surface area contributed by atoms with Gasteiger partial charge in [-0.15, -0.1) is 0 Å². The molecule has 0 N–H and O–H groups in total. The molecule has 0 fully saturated rings. The second kappa shape index (κ2) is 5.38. The van der Waals surface area contributed by atoms with Crippen LogP contribution in [0.1, 0.15) is 20.3 Å². The largest absolute Gasteiger partial charge is 0.191 e. The lowest BCUT2D eigenvalue weighted by Crippen LogP contribution is -1.95. The van der Waals surface area contributed by atoms with E-state index in [9.17, 15) is 0 Å². The normalized spacial score (nSPS) is 11.5.